The zero-order valence-corrected chi connectivity index (χ0v) is 30.4. The van der Waals surface area contributed by atoms with Gasteiger partial charge in [-0.1, -0.05) is 81.4 Å². The normalized spacial score (nSPS) is 14.2. The smallest absolute Gasteiger partial charge is 0.407 e. The summed E-state index contributed by atoms with van der Waals surface area (Å²) >= 11 is 1.33. The quantitative estimate of drug-likeness (QED) is 0.0973. The summed E-state index contributed by atoms with van der Waals surface area (Å²) in [5, 5.41) is 33.9. The number of hydrogen-bond donors (Lipinski definition) is 6. The summed E-state index contributed by atoms with van der Waals surface area (Å²) in [5.41, 5.74) is 4.86. The van der Waals surface area contributed by atoms with Crippen molar-refractivity contribution >= 4 is 35.3 Å². The van der Waals surface area contributed by atoms with Gasteiger partial charge in [-0.2, -0.15) is 0 Å². The number of methoxy groups -OCH3 is 1. The lowest BCUT2D eigenvalue weighted by Gasteiger charge is -2.33. The number of amides is 4. The first-order valence-corrected chi connectivity index (χ1v) is 17.8. The first-order valence-electron chi connectivity index (χ1n) is 16.9. The number of benzene rings is 2. The summed E-state index contributed by atoms with van der Waals surface area (Å²) in [7, 11) is 1.22. The number of aliphatic hydroxyl groups is 1. The molecule has 0 aliphatic rings. The van der Waals surface area contributed by atoms with E-state index in [-0.39, 0.29) is 19.3 Å². The number of nitrogens with zero attached hydrogens (tertiary/aromatic N) is 2. The molecule has 2 heterocycles. The maximum Gasteiger partial charge on any atom is 0.407 e. The molecule has 0 radical (unpaired) electrons. The number of aliphatic hydroxyl groups excluding tert-OH is 1. The maximum absolute atomic E-state index is 13.8. The average molecular weight is 731 g/mol. The van der Waals surface area contributed by atoms with Gasteiger partial charge in [-0.05, 0) is 47.9 Å². The van der Waals surface area contributed by atoms with Crippen LogP contribution in [0, 0.1) is 5.41 Å². The van der Waals surface area contributed by atoms with Crippen LogP contribution in [0.1, 0.15) is 44.0 Å². The van der Waals surface area contributed by atoms with E-state index in [9.17, 15) is 29.4 Å². The third-order valence-corrected chi connectivity index (χ3v) is 9.08. The predicted octanol–water partition coefficient (Wildman–Crippen LogP) is 4.36. The maximum atomic E-state index is 13.8. The molecule has 4 aromatic rings. The number of thiazole rings is 1. The van der Waals surface area contributed by atoms with E-state index < -0.39 is 59.7 Å². The lowest BCUT2D eigenvalue weighted by atomic mass is 9.85. The van der Waals surface area contributed by atoms with Crippen LogP contribution in [0.2, 0.25) is 0 Å². The number of carboxylic acid groups (broad SMARTS) is 1. The molecule has 276 valence electrons. The lowest BCUT2D eigenvalue weighted by molar-refractivity contribution is -0.127. The van der Waals surface area contributed by atoms with Gasteiger partial charge in [0.1, 0.15) is 12.1 Å². The van der Waals surface area contributed by atoms with Gasteiger partial charge in [0.25, 0.3) is 0 Å². The SMILES string of the molecule is COC(=O)N[C@H](C(=O)N[C@@H](Cc1ccc(-c2ccccn2)cc1)C[C@H](O)[C@H](Cc1ccccc1)NC(=O)[C@H](Cc1cscn1)NC(=O)O)C(C)(C)C. The summed E-state index contributed by atoms with van der Waals surface area (Å²) in [6.45, 7) is 5.43. The fourth-order valence-electron chi connectivity index (χ4n) is 5.76. The van der Waals surface area contributed by atoms with Gasteiger partial charge < -0.3 is 36.2 Å². The fraction of sp³-hybridized carbons (Fsp3) is 0.368. The zero-order chi connectivity index (χ0) is 37.7. The Labute approximate surface area is 307 Å². The van der Waals surface area contributed by atoms with Gasteiger partial charge in [0.15, 0.2) is 0 Å². The molecule has 0 unspecified atom stereocenters. The number of carbonyl (C=O) groups is 4. The van der Waals surface area contributed by atoms with Gasteiger partial charge >= 0.3 is 12.2 Å². The molecule has 0 saturated heterocycles. The zero-order valence-electron chi connectivity index (χ0n) is 29.6. The van der Waals surface area contributed by atoms with Gasteiger partial charge in [0.2, 0.25) is 11.8 Å². The number of nitrogens with one attached hydrogen (secondary N) is 4. The van der Waals surface area contributed by atoms with Crippen LogP contribution in [0.5, 0.6) is 0 Å². The molecule has 4 amide bonds. The van der Waals surface area contributed by atoms with Crippen molar-refractivity contribution in [3.8, 4) is 11.3 Å². The molecule has 0 bridgehead atoms. The Kier molecular flexibility index (Phi) is 14.2. The van der Waals surface area contributed by atoms with Crippen LogP contribution in [0.15, 0.2) is 89.9 Å². The highest BCUT2D eigenvalue weighted by Gasteiger charge is 2.35. The second-order valence-electron chi connectivity index (χ2n) is 13.6. The number of alkyl carbamates (subject to hydrolysis) is 1. The molecule has 13 nitrogen and oxygen atoms in total. The van der Waals surface area contributed by atoms with Gasteiger partial charge in [-0.25, -0.2) is 14.6 Å². The van der Waals surface area contributed by atoms with Crippen LogP contribution in [0.4, 0.5) is 9.59 Å². The number of pyridine rings is 1. The van der Waals surface area contributed by atoms with E-state index in [2.05, 4.69) is 31.2 Å². The van der Waals surface area contributed by atoms with Gasteiger partial charge in [-0.15, -0.1) is 11.3 Å². The van der Waals surface area contributed by atoms with Gasteiger partial charge in [-0.3, -0.25) is 14.6 Å². The summed E-state index contributed by atoms with van der Waals surface area (Å²) in [6.07, 6.45) is -1.07. The van der Waals surface area contributed by atoms with E-state index in [0.29, 0.717) is 12.1 Å². The minimum Gasteiger partial charge on any atom is -0.465 e. The predicted molar refractivity (Wildman–Crippen MR) is 198 cm³/mol. The standard InChI is InChI=1S/C38H46N6O7S/c1-38(2,3)33(44-37(50)51-4)35(47)41-27(18-25-13-15-26(16-14-25)29-12-8-9-17-39-29)21-32(45)30(19-24-10-6-5-7-11-24)42-34(46)31(43-36(48)49)20-28-22-52-23-40-28/h5-17,22-23,27,30-33,43,45H,18-21H2,1-4H3,(H,41,47)(H,42,46)(H,44,50)(H,48,49)/t27-,30-,31-,32-,33+/m0/s1. The highest BCUT2D eigenvalue weighted by atomic mass is 32.1. The van der Waals surface area contributed by atoms with E-state index in [4.69, 9.17) is 4.74 Å². The largest absolute Gasteiger partial charge is 0.465 e. The van der Waals surface area contributed by atoms with Gasteiger partial charge in [0.05, 0.1) is 36.2 Å². The topological polar surface area (TPSA) is 192 Å². The van der Waals surface area contributed by atoms with Gasteiger partial charge in [0, 0.05) is 29.6 Å². The highest BCUT2D eigenvalue weighted by molar-refractivity contribution is 7.07. The molecule has 0 aliphatic heterocycles. The first-order chi connectivity index (χ1) is 24.8. The third-order valence-electron chi connectivity index (χ3n) is 8.45. The van der Waals surface area contributed by atoms with Crippen molar-refractivity contribution < 1.29 is 34.1 Å². The van der Waals surface area contributed by atoms with Crippen LogP contribution in [0.3, 0.4) is 0 Å². The molecule has 0 fully saturated rings. The first kappa shape index (κ1) is 39.4. The third kappa shape index (κ3) is 12.2. The molecule has 2 aromatic carbocycles. The molecule has 0 spiro atoms. The molecule has 0 aliphatic carbocycles. The summed E-state index contributed by atoms with van der Waals surface area (Å²) in [4.78, 5) is 60.0. The fourth-order valence-corrected chi connectivity index (χ4v) is 6.33. The van der Waals surface area contributed by atoms with Crippen molar-refractivity contribution in [2.45, 2.75) is 76.7 Å². The molecule has 2 aromatic heterocycles. The van der Waals surface area contributed by atoms with E-state index >= 15 is 0 Å². The van der Waals surface area contributed by atoms with E-state index in [1.54, 1.807) is 17.1 Å². The molecular formula is C38H46N6O7S. The molecular weight excluding hydrogens is 685 g/mol. The van der Waals surface area contributed by atoms with E-state index in [0.717, 1.165) is 22.4 Å². The van der Waals surface area contributed by atoms with Crippen LogP contribution in [0.25, 0.3) is 11.3 Å². The van der Waals surface area contributed by atoms with Crippen molar-refractivity contribution in [2.75, 3.05) is 7.11 Å². The second kappa shape index (κ2) is 18.8. The number of carbonyl (C=O) groups excluding carboxylic acids is 3. The van der Waals surface area contributed by atoms with Crippen LogP contribution >= 0.6 is 11.3 Å². The lowest BCUT2D eigenvalue weighted by Crippen LogP contribution is -2.57. The Morgan fingerprint density at radius 2 is 1.50 bits per heavy atom. The molecule has 0 saturated carbocycles. The van der Waals surface area contributed by atoms with Crippen LogP contribution in [-0.2, 0) is 33.6 Å². The Morgan fingerprint density at radius 1 is 0.808 bits per heavy atom. The second-order valence-corrected chi connectivity index (χ2v) is 14.3. The van der Waals surface area contributed by atoms with E-state index in [1.165, 1.54) is 18.4 Å². The minimum atomic E-state index is -1.37. The average Bonchev–Trinajstić information content (AvgIpc) is 3.63. The molecule has 52 heavy (non-hydrogen) atoms. The minimum absolute atomic E-state index is 0.00368. The summed E-state index contributed by atoms with van der Waals surface area (Å²) in [5.74, 6) is -1.10. The van der Waals surface area contributed by atoms with Crippen molar-refractivity contribution in [1.82, 2.24) is 31.2 Å². The Balaban J connectivity index is 1.62. The number of rotatable bonds is 16. The summed E-state index contributed by atoms with van der Waals surface area (Å²) < 4.78 is 4.78. The van der Waals surface area contributed by atoms with Crippen molar-refractivity contribution in [3.05, 3.63) is 107 Å². The van der Waals surface area contributed by atoms with Crippen molar-refractivity contribution in [1.29, 1.82) is 0 Å². The van der Waals surface area contributed by atoms with E-state index in [1.807, 2.05) is 93.6 Å². The Morgan fingerprint density at radius 3 is 2.10 bits per heavy atom. The summed E-state index contributed by atoms with van der Waals surface area (Å²) in [6, 6.07) is 19.0. The van der Waals surface area contributed by atoms with Crippen LogP contribution < -0.4 is 21.3 Å². The Bertz CT molecular complexity index is 1740. The number of hydrogen-bond acceptors (Lipinski definition) is 9. The van der Waals surface area contributed by atoms with Crippen molar-refractivity contribution in [3.63, 3.8) is 0 Å². The number of aromatic nitrogens is 2. The monoisotopic (exact) mass is 730 g/mol. The van der Waals surface area contributed by atoms with Crippen LogP contribution in [-0.4, -0.2) is 81.6 Å². The molecule has 6 N–H and O–H groups in total. The van der Waals surface area contributed by atoms with Crippen molar-refractivity contribution in [2.24, 2.45) is 5.41 Å². The molecule has 14 heteroatoms. The highest BCUT2D eigenvalue weighted by Crippen LogP contribution is 2.22. The molecule has 4 rings (SSSR count). The number of ether oxygens (including phenoxy) is 1. The molecule has 5 atom stereocenters. The Hall–Kier alpha value is -5.34.